The maximum absolute atomic E-state index is 13.4. The van der Waals surface area contributed by atoms with E-state index in [1.165, 1.54) is 28.1 Å². The molecule has 4 aromatic rings. The van der Waals surface area contributed by atoms with E-state index < -0.39 is 76.9 Å². The van der Waals surface area contributed by atoms with Crippen LogP contribution in [0.3, 0.4) is 0 Å². The fourth-order valence-electron chi connectivity index (χ4n) is 5.97. The number of imidazole rings is 2. The number of nitrogens with zero attached hydrogens (tertiary/aromatic N) is 7. The molecule has 4 saturated heterocycles. The van der Waals surface area contributed by atoms with Gasteiger partial charge in [0.2, 0.25) is 5.95 Å². The van der Waals surface area contributed by atoms with Crippen molar-refractivity contribution in [3.8, 4) is 0 Å². The molecule has 4 aromatic heterocycles. The van der Waals surface area contributed by atoms with Gasteiger partial charge in [0.05, 0.1) is 38.6 Å². The predicted molar refractivity (Wildman–Crippen MR) is 145 cm³/mol. The number of nitrogen functional groups attached to an aromatic ring is 2. The first kappa shape index (κ1) is 29.0. The Morgan fingerprint density at radius 2 is 1.71 bits per heavy atom. The van der Waals surface area contributed by atoms with Gasteiger partial charge in [-0.25, -0.2) is 29.1 Å². The first-order valence-electron chi connectivity index (χ1n) is 13.3. The topological polar surface area (TPSA) is 298 Å². The number of anilines is 2. The molecular weight excluding hydrogens is 646 g/mol. The van der Waals surface area contributed by atoms with E-state index in [0.29, 0.717) is 0 Å². The molecule has 24 heteroatoms. The average Bonchev–Trinajstić information content (AvgIpc) is 3.79. The molecule has 9 atom stereocenters. The Morgan fingerprint density at radius 3 is 2.53 bits per heavy atom. The number of H-pyrrole nitrogens is 1. The van der Waals surface area contributed by atoms with E-state index in [9.17, 15) is 23.7 Å². The third-order valence-corrected chi connectivity index (χ3v) is 9.88. The Labute approximate surface area is 249 Å². The maximum atomic E-state index is 13.4. The molecule has 0 radical (unpaired) electrons. The van der Waals surface area contributed by atoms with Crippen molar-refractivity contribution in [2.24, 2.45) is 0 Å². The van der Waals surface area contributed by atoms with Crippen molar-refractivity contribution in [2.45, 2.75) is 48.9 Å². The second-order valence-electron chi connectivity index (χ2n) is 10.8. The fraction of sp³-hybridized carbons (Fsp3) is 0.524. The van der Waals surface area contributed by atoms with E-state index >= 15 is 0 Å². The van der Waals surface area contributed by atoms with Crippen molar-refractivity contribution in [1.29, 1.82) is 0 Å². The van der Waals surface area contributed by atoms with Gasteiger partial charge in [-0.2, -0.15) is 4.98 Å². The second-order valence-corrected chi connectivity index (χ2v) is 13.6. The molecule has 4 fully saturated rings. The van der Waals surface area contributed by atoms with Crippen LogP contribution in [0.2, 0.25) is 0 Å². The minimum Gasteiger partial charge on any atom is -0.382 e. The third-order valence-electron chi connectivity index (χ3n) is 7.92. The van der Waals surface area contributed by atoms with Crippen LogP contribution in [0.1, 0.15) is 18.9 Å². The van der Waals surface area contributed by atoms with Crippen LogP contribution in [0.25, 0.3) is 22.3 Å². The van der Waals surface area contributed by atoms with Gasteiger partial charge in [-0.15, -0.1) is 0 Å². The highest BCUT2D eigenvalue weighted by Gasteiger charge is 2.66. The van der Waals surface area contributed by atoms with Crippen LogP contribution in [0.4, 0.5) is 11.8 Å². The number of hydrogen-bond donors (Lipinski definition) is 5. The summed E-state index contributed by atoms with van der Waals surface area (Å²) in [6.45, 7) is -1.42. The van der Waals surface area contributed by atoms with Gasteiger partial charge in [0, 0.05) is 6.42 Å². The van der Waals surface area contributed by atoms with Gasteiger partial charge < -0.3 is 35.5 Å². The van der Waals surface area contributed by atoms with Crippen molar-refractivity contribution >= 4 is 49.7 Å². The highest BCUT2D eigenvalue weighted by Crippen LogP contribution is 2.58. The summed E-state index contributed by atoms with van der Waals surface area (Å²) >= 11 is 0. The molecule has 3 unspecified atom stereocenters. The first-order valence-corrected chi connectivity index (χ1v) is 16.3. The van der Waals surface area contributed by atoms with Crippen molar-refractivity contribution in [2.75, 3.05) is 31.3 Å². The van der Waals surface area contributed by atoms with Crippen molar-refractivity contribution < 1.29 is 51.2 Å². The molecule has 240 valence electrons. The highest BCUT2D eigenvalue weighted by molar-refractivity contribution is 7.47. The molecule has 8 rings (SSSR count). The van der Waals surface area contributed by atoms with Gasteiger partial charge in [0.1, 0.15) is 35.8 Å². The standard InChI is InChI=1S/C21H24N10O12P2/c22-14-10-15(25-5-24-14)30(6-26-10)19-12-13-21(41-19,3-37-12)4-39-45(35,36)42-9-1-8(2-38-44(33,34)43-13)40-18(9)31-7-27-11-16(31)28-20(23)29-17(11)32/h5-9,12-13,18-19H,1-4H2,(H,33,34)(H,35,36)(H2,22,24,25)(H3,23,28,29,32)/t8-,9-,12-,13?,18+,19+,21+/m0/s1. The van der Waals surface area contributed by atoms with Crippen LogP contribution in [0, 0.1) is 0 Å². The highest BCUT2D eigenvalue weighted by atomic mass is 31.2. The number of nitrogens with two attached hydrogens (primary N) is 2. The molecular formula is C21H24N10O12P2. The zero-order valence-electron chi connectivity index (χ0n) is 22.7. The Morgan fingerprint density at radius 1 is 0.956 bits per heavy atom. The number of aromatic amines is 1. The Kier molecular flexibility index (Phi) is 6.48. The number of phosphoric ester groups is 2. The summed E-state index contributed by atoms with van der Waals surface area (Å²) in [5.41, 5.74) is 9.78. The number of phosphoric acid groups is 2. The lowest BCUT2D eigenvalue weighted by molar-refractivity contribution is -0.184. The van der Waals surface area contributed by atoms with Gasteiger partial charge >= 0.3 is 15.6 Å². The lowest BCUT2D eigenvalue weighted by Crippen LogP contribution is -2.45. The molecule has 4 aliphatic rings. The van der Waals surface area contributed by atoms with Gasteiger partial charge in [-0.05, 0) is 0 Å². The lowest BCUT2D eigenvalue weighted by Gasteiger charge is -2.32. The minimum absolute atomic E-state index is 0.00251. The largest absolute Gasteiger partial charge is 0.472 e. The van der Waals surface area contributed by atoms with Gasteiger partial charge in [0.25, 0.3) is 5.56 Å². The number of aromatic nitrogens is 8. The molecule has 0 aromatic carbocycles. The molecule has 45 heavy (non-hydrogen) atoms. The normalized spacial score (nSPS) is 38.6. The van der Waals surface area contributed by atoms with Crippen LogP contribution in [-0.2, 0) is 41.4 Å². The number of rotatable bonds is 2. The van der Waals surface area contributed by atoms with Crippen molar-refractivity contribution in [3.63, 3.8) is 0 Å². The Bertz CT molecular complexity index is 1990. The zero-order valence-corrected chi connectivity index (χ0v) is 24.5. The molecule has 7 N–H and O–H groups in total. The monoisotopic (exact) mass is 670 g/mol. The second kappa shape index (κ2) is 10.0. The Balaban J connectivity index is 1.12. The summed E-state index contributed by atoms with van der Waals surface area (Å²) in [6.07, 6.45) is -3.07. The number of hydrogen-bond acceptors (Lipinski definition) is 17. The van der Waals surface area contributed by atoms with Crippen molar-refractivity contribution in [3.05, 3.63) is 29.3 Å². The number of fused-ring (bicyclic) bond motifs is 4. The van der Waals surface area contributed by atoms with Crippen molar-refractivity contribution in [1.82, 2.24) is 39.0 Å². The molecule has 0 spiro atoms. The van der Waals surface area contributed by atoms with Crippen LogP contribution in [-0.4, -0.2) is 98.7 Å². The van der Waals surface area contributed by atoms with Crippen LogP contribution in [0.15, 0.2) is 23.8 Å². The molecule has 22 nitrogen and oxygen atoms in total. The third kappa shape index (κ3) is 4.77. The average molecular weight is 670 g/mol. The SMILES string of the molecule is Nc1nc2c(ncn2[C@@H]2O[C@@H]3COP(=O)(O)OC4[C@@H]5OC[C@]4(COP(=O)(O)O[C@H]2C3)O[C@H]5n2cnc3c(N)ncnc32)c(=O)[nH]1. The van der Waals surface area contributed by atoms with E-state index in [2.05, 4.69) is 29.9 Å². The molecule has 8 heterocycles. The summed E-state index contributed by atoms with van der Waals surface area (Å²) in [5, 5.41) is 0. The molecule has 4 aliphatic heterocycles. The van der Waals surface area contributed by atoms with Crippen LogP contribution in [0.5, 0.6) is 0 Å². The van der Waals surface area contributed by atoms with E-state index in [1.54, 1.807) is 0 Å². The summed E-state index contributed by atoms with van der Waals surface area (Å²) in [7, 11) is -9.76. The smallest absolute Gasteiger partial charge is 0.382 e. The number of ether oxygens (including phenoxy) is 3. The molecule has 4 bridgehead atoms. The van der Waals surface area contributed by atoms with E-state index in [1.807, 2.05) is 0 Å². The molecule has 0 aliphatic carbocycles. The zero-order chi connectivity index (χ0) is 31.3. The molecule has 0 saturated carbocycles. The van der Waals surface area contributed by atoms with Crippen LogP contribution < -0.4 is 17.0 Å². The maximum Gasteiger partial charge on any atom is 0.472 e. The quantitative estimate of drug-likeness (QED) is 0.161. The van der Waals surface area contributed by atoms with E-state index in [4.69, 9.17) is 43.8 Å². The summed E-state index contributed by atoms with van der Waals surface area (Å²) < 4.78 is 69.4. The Hall–Kier alpha value is -3.40. The number of nitrogens with one attached hydrogen (secondary N) is 1. The predicted octanol–water partition coefficient (Wildman–Crippen LogP) is -0.904. The summed E-state index contributed by atoms with van der Waals surface area (Å²) in [4.78, 5) is 56.7. The summed E-state index contributed by atoms with van der Waals surface area (Å²) in [5.74, 6) is -0.0960. The lowest BCUT2D eigenvalue weighted by atomic mass is 10.0. The van der Waals surface area contributed by atoms with Gasteiger partial charge in [-0.3, -0.25) is 37.0 Å². The van der Waals surface area contributed by atoms with E-state index in [-0.39, 0.29) is 47.1 Å². The first-order chi connectivity index (χ1) is 21.4. The minimum atomic E-state index is -4.91. The molecule has 0 amide bonds. The van der Waals surface area contributed by atoms with E-state index in [0.717, 1.165) is 0 Å². The summed E-state index contributed by atoms with van der Waals surface area (Å²) in [6, 6.07) is 0. The van der Waals surface area contributed by atoms with Gasteiger partial charge in [-0.1, -0.05) is 0 Å². The van der Waals surface area contributed by atoms with Gasteiger partial charge in [0.15, 0.2) is 35.1 Å². The van der Waals surface area contributed by atoms with Crippen LogP contribution >= 0.6 is 15.6 Å². The fourth-order valence-corrected chi connectivity index (χ4v) is 7.96.